The molecule has 0 N–H and O–H groups in total. The molecule has 0 unspecified atom stereocenters. The zero-order valence-electron chi connectivity index (χ0n) is 10.7. The van der Waals surface area contributed by atoms with Crippen molar-refractivity contribution in [3.63, 3.8) is 0 Å². The molecule has 0 radical (unpaired) electrons. The molecule has 1 amide bonds. The number of hydrogen-bond donors (Lipinski definition) is 0. The lowest BCUT2D eigenvalue weighted by Crippen LogP contribution is -2.58. The van der Waals surface area contributed by atoms with Crippen molar-refractivity contribution >= 4 is 49.1 Å². The highest BCUT2D eigenvalue weighted by Gasteiger charge is 2.34. The van der Waals surface area contributed by atoms with E-state index in [9.17, 15) is 4.79 Å². The van der Waals surface area contributed by atoms with E-state index in [2.05, 4.69) is 57.7 Å². The molecule has 1 aliphatic heterocycles. The van der Waals surface area contributed by atoms with E-state index >= 15 is 0 Å². The van der Waals surface area contributed by atoms with Gasteiger partial charge in [0.1, 0.15) is 0 Å². The Kier molecular flexibility index (Phi) is 4.21. The van der Waals surface area contributed by atoms with Gasteiger partial charge >= 0.3 is 0 Å². The summed E-state index contributed by atoms with van der Waals surface area (Å²) in [4.78, 5) is 17.5. The Balaban J connectivity index is 2.15. The molecule has 3 nitrogen and oxygen atoms in total. The van der Waals surface area contributed by atoms with Crippen LogP contribution in [0.25, 0.3) is 0 Å². The zero-order chi connectivity index (χ0) is 13.5. The number of nitrogens with zero attached hydrogens (tertiary/aromatic N) is 2. The van der Waals surface area contributed by atoms with Crippen LogP contribution in [0.15, 0.2) is 14.3 Å². The van der Waals surface area contributed by atoms with E-state index in [1.807, 2.05) is 11.0 Å². The van der Waals surface area contributed by atoms with E-state index in [0.29, 0.717) is 0 Å². The van der Waals surface area contributed by atoms with Crippen LogP contribution in [0, 0.1) is 0 Å². The Hall–Kier alpha value is 0.0900. The summed E-state index contributed by atoms with van der Waals surface area (Å²) in [5, 5.41) is 0. The fourth-order valence-electron chi connectivity index (χ4n) is 2.02. The third-order valence-electron chi connectivity index (χ3n) is 3.46. The Labute approximate surface area is 128 Å². The molecule has 1 aromatic heterocycles. The smallest absolute Gasteiger partial charge is 0.264 e. The van der Waals surface area contributed by atoms with E-state index in [4.69, 9.17) is 0 Å². The van der Waals surface area contributed by atoms with Crippen LogP contribution < -0.4 is 0 Å². The fraction of sp³-hybridized carbons (Fsp3) is 0.583. The number of carbonyl (C=O) groups excluding carboxylic acids is 1. The molecular formula is C12H16Br2N2OS. The van der Waals surface area contributed by atoms with Crippen molar-refractivity contribution in [1.29, 1.82) is 0 Å². The van der Waals surface area contributed by atoms with Gasteiger partial charge in [-0.1, -0.05) is 0 Å². The fourth-order valence-corrected chi connectivity index (χ4v) is 4.02. The summed E-state index contributed by atoms with van der Waals surface area (Å²) >= 11 is 8.34. The molecule has 0 spiro atoms. The summed E-state index contributed by atoms with van der Waals surface area (Å²) in [5.74, 6) is 0.132. The number of carbonyl (C=O) groups is 1. The summed E-state index contributed by atoms with van der Waals surface area (Å²) in [6.45, 7) is 6.84. The third kappa shape index (κ3) is 2.81. The summed E-state index contributed by atoms with van der Waals surface area (Å²) in [7, 11) is 2.11. The quantitative estimate of drug-likeness (QED) is 0.727. The van der Waals surface area contributed by atoms with Crippen molar-refractivity contribution in [3.8, 4) is 0 Å². The van der Waals surface area contributed by atoms with E-state index < -0.39 is 0 Å². The molecule has 1 fully saturated rings. The molecule has 0 atom stereocenters. The summed E-state index contributed by atoms with van der Waals surface area (Å²) < 4.78 is 1.92. The number of piperazine rings is 1. The van der Waals surface area contributed by atoms with E-state index in [1.165, 1.54) is 11.3 Å². The van der Waals surface area contributed by atoms with Crippen LogP contribution >= 0.6 is 43.2 Å². The van der Waals surface area contributed by atoms with Crippen LogP contribution in [0.4, 0.5) is 0 Å². The molecule has 0 aliphatic carbocycles. The first-order chi connectivity index (χ1) is 8.31. The highest BCUT2D eigenvalue weighted by atomic mass is 79.9. The van der Waals surface area contributed by atoms with Gasteiger partial charge in [-0.25, -0.2) is 0 Å². The predicted octanol–water partition coefficient (Wildman–Crippen LogP) is 3.44. The lowest BCUT2D eigenvalue weighted by molar-refractivity contribution is 0.0315. The minimum atomic E-state index is 0.0413. The van der Waals surface area contributed by atoms with E-state index in [-0.39, 0.29) is 11.4 Å². The minimum absolute atomic E-state index is 0.0413. The zero-order valence-corrected chi connectivity index (χ0v) is 14.7. The minimum Gasteiger partial charge on any atom is -0.335 e. The molecule has 0 bridgehead atoms. The number of rotatable bonds is 1. The van der Waals surface area contributed by atoms with Gasteiger partial charge in [0.2, 0.25) is 0 Å². The predicted molar refractivity (Wildman–Crippen MR) is 82.3 cm³/mol. The average Bonchev–Trinajstić information content (AvgIpc) is 2.62. The van der Waals surface area contributed by atoms with Crippen molar-refractivity contribution < 1.29 is 4.79 Å². The monoisotopic (exact) mass is 394 g/mol. The second-order valence-corrected chi connectivity index (χ2v) is 8.42. The van der Waals surface area contributed by atoms with Crippen molar-refractivity contribution in [1.82, 2.24) is 9.80 Å². The van der Waals surface area contributed by atoms with Gasteiger partial charge in [-0.2, -0.15) is 0 Å². The van der Waals surface area contributed by atoms with Crippen molar-refractivity contribution in [2.24, 2.45) is 0 Å². The molecular weight excluding hydrogens is 380 g/mol. The van der Waals surface area contributed by atoms with E-state index in [1.54, 1.807) is 0 Å². The maximum absolute atomic E-state index is 12.4. The lowest BCUT2D eigenvalue weighted by Gasteiger charge is -2.45. The highest BCUT2D eigenvalue weighted by molar-refractivity contribution is 9.13. The van der Waals surface area contributed by atoms with Crippen molar-refractivity contribution in [3.05, 3.63) is 19.2 Å². The van der Waals surface area contributed by atoms with Crippen LogP contribution in [0.5, 0.6) is 0 Å². The van der Waals surface area contributed by atoms with Gasteiger partial charge in [0.15, 0.2) is 0 Å². The number of halogens is 2. The Morgan fingerprint density at radius 3 is 2.56 bits per heavy atom. The maximum atomic E-state index is 12.4. The molecule has 0 aromatic carbocycles. The van der Waals surface area contributed by atoms with Crippen LogP contribution in [-0.2, 0) is 0 Å². The number of likely N-dealkylation sites (N-methyl/N-ethyl adjacent to an activating group) is 1. The Morgan fingerprint density at radius 2 is 2.06 bits per heavy atom. The van der Waals surface area contributed by atoms with Crippen LogP contribution in [-0.4, -0.2) is 47.9 Å². The normalized spacial score (nSPS) is 20.2. The van der Waals surface area contributed by atoms with Crippen molar-refractivity contribution in [2.75, 3.05) is 26.7 Å². The SMILES string of the molecule is CN1CCN(C(=O)c2cc(Br)c(Br)s2)CC1(C)C. The highest BCUT2D eigenvalue weighted by Crippen LogP contribution is 2.33. The van der Waals surface area contributed by atoms with Gasteiger partial charge in [0.05, 0.1) is 8.66 Å². The van der Waals surface area contributed by atoms with Crippen molar-refractivity contribution in [2.45, 2.75) is 19.4 Å². The van der Waals surface area contributed by atoms with Gasteiger partial charge in [0.25, 0.3) is 5.91 Å². The molecule has 2 heterocycles. The maximum Gasteiger partial charge on any atom is 0.264 e. The second kappa shape index (κ2) is 5.23. The van der Waals surface area contributed by atoms with Gasteiger partial charge in [-0.15, -0.1) is 11.3 Å². The molecule has 100 valence electrons. The average molecular weight is 396 g/mol. The number of thiophene rings is 1. The first-order valence-corrected chi connectivity index (χ1v) is 8.17. The first-order valence-electron chi connectivity index (χ1n) is 5.76. The Morgan fingerprint density at radius 1 is 1.39 bits per heavy atom. The first kappa shape index (κ1) is 14.5. The molecule has 0 saturated carbocycles. The molecule has 18 heavy (non-hydrogen) atoms. The van der Waals surface area contributed by atoms with Gasteiger partial charge in [-0.3, -0.25) is 9.69 Å². The summed E-state index contributed by atoms with van der Waals surface area (Å²) in [6, 6.07) is 1.89. The lowest BCUT2D eigenvalue weighted by atomic mass is 9.99. The van der Waals surface area contributed by atoms with Gasteiger partial charge in [-0.05, 0) is 58.8 Å². The largest absolute Gasteiger partial charge is 0.335 e. The van der Waals surface area contributed by atoms with Crippen LogP contribution in [0.1, 0.15) is 23.5 Å². The van der Waals surface area contributed by atoms with Crippen LogP contribution in [0.2, 0.25) is 0 Å². The topological polar surface area (TPSA) is 23.6 Å². The van der Waals surface area contributed by atoms with Gasteiger partial charge in [0, 0.05) is 29.6 Å². The number of amides is 1. The molecule has 2 rings (SSSR count). The summed E-state index contributed by atoms with van der Waals surface area (Å²) in [5.41, 5.74) is 0.0413. The third-order valence-corrected chi connectivity index (χ3v) is 6.70. The molecule has 1 aromatic rings. The second-order valence-electron chi connectivity index (χ2n) is 5.19. The van der Waals surface area contributed by atoms with Gasteiger partial charge < -0.3 is 4.90 Å². The molecule has 6 heteroatoms. The standard InChI is InChI=1S/C12H16Br2N2OS/c1-12(2)7-16(5-4-15(12)3)11(17)9-6-8(13)10(14)18-9/h6H,4-5,7H2,1-3H3. The molecule has 1 saturated heterocycles. The Bertz CT molecular complexity index is 453. The van der Waals surface area contributed by atoms with Crippen LogP contribution in [0.3, 0.4) is 0 Å². The van der Waals surface area contributed by atoms with E-state index in [0.717, 1.165) is 32.8 Å². The number of hydrogen-bond acceptors (Lipinski definition) is 3. The summed E-state index contributed by atoms with van der Waals surface area (Å²) in [6.07, 6.45) is 0. The molecule has 1 aliphatic rings.